The topological polar surface area (TPSA) is 86.7 Å². The number of hydrogen-bond acceptors (Lipinski definition) is 6. The molecule has 136 valence electrons. The summed E-state index contributed by atoms with van der Waals surface area (Å²) in [5.74, 6) is 0.274. The summed E-state index contributed by atoms with van der Waals surface area (Å²) in [6.07, 6.45) is 4.52. The summed E-state index contributed by atoms with van der Waals surface area (Å²) in [6, 6.07) is 9.25. The van der Waals surface area contributed by atoms with Gasteiger partial charge in [-0.1, -0.05) is 42.5 Å². The minimum Gasteiger partial charge on any atom is -0.390 e. The predicted octanol–water partition coefficient (Wildman–Crippen LogP) is 1.87. The molecule has 1 aromatic carbocycles. The van der Waals surface area contributed by atoms with Crippen molar-refractivity contribution in [3.8, 4) is 0 Å². The standard InChI is InChI=1S/C18H18N2O4S2/c21-14-11-25-10-13(14)19-16(22)9-20-17(23)15(26-18(20)24)8-4-7-12-5-2-1-3-6-12/h1-8,13-14,21H,9-11H2,(H,19,22)/b7-4+,15-8-/t13-,14-/m0/s1. The second kappa shape index (κ2) is 8.57. The van der Waals surface area contributed by atoms with Gasteiger partial charge in [0.25, 0.3) is 11.1 Å². The first-order chi connectivity index (χ1) is 12.5. The van der Waals surface area contributed by atoms with Gasteiger partial charge in [-0.05, 0) is 23.4 Å². The summed E-state index contributed by atoms with van der Waals surface area (Å²) in [7, 11) is 0. The predicted molar refractivity (Wildman–Crippen MR) is 104 cm³/mol. The maximum atomic E-state index is 12.3. The van der Waals surface area contributed by atoms with E-state index < -0.39 is 23.2 Å². The molecule has 0 aromatic heterocycles. The molecule has 2 heterocycles. The first-order valence-electron chi connectivity index (χ1n) is 8.07. The van der Waals surface area contributed by atoms with Gasteiger partial charge < -0.3 is 10.4 Å². The molecule has 0 aliphatic carbocycles. The Morgan fingerprint density at radius 3 is 2.73 bits per heavy atom. The van der Waals surface area contributed by atoms with Crippen molar-refractivity contribution in [2.24, 2.45) is 0 Å². The van der Waals surface area contributed by atoms with Gasteiger partial charge in [0.2, 0.25) is 5.91 Å². The monoisotopic (exact) mass is 390 g/mol. The summed E-state index contributed by atoms with van der Waals surface area (Å²) < 4.78 is 0. The number of aliphatic hydroxyl groups excluding tert-OH is 1. The number of rotatable bonds is 5. The molecule has 0 saturated carbocycles. The summed E-state index contributed by atoms with van der Waals surface area (Å²) in [6.45, 7) is -0.335. The van der Waals surface area contributed by atoms with Crippen LogP contribution < -0.4 is 5.32 Å². The number of thioether (sulfide) groups is 2. The van der Waals surface area contributed by atoms with Gasteiger partial charge in [0.15, 0.2) is 0 Å². The quantitative estimate of drug-likeness (QED) is 0.747. The number of benzene rings is 1. The Labute approximate surface area is 159 Å². The van der Waals surface area contributed by atoms with Gasteiger partial charge in [0.05, 0.1) is 17.1 Å². The summed E-state index contributed by atoms with van der Waals surface area (Å²) in [4.78, 5) is 37.7. The van der Waals surface area contributed by atoms with Crippen LogP contribution in [-0.2, 0) is 9.59 Å². The Morgan fingerprint density at radius 1 is 1.27 bits per heavy atom. The van der Waals surface area contributed by atoms with Crippen molar-refractivity contribution in [1.82, 2.24) is 10.2 Å². The van der Waals surface area contributed by atoms with E-state index >= 15 is 0 Å². The van der Waals surface area contributed by atoms with E-state index in [-0.39, 0.29) is 17.5 Å². The third kappa shape index (κ3) is 4.57. The van der Waals surface area contributed by atoms with E-state index in [0.717, 1.165) is 22.2 Å². The second-order valence-electron chi connectivity index (χ2n) is 5.84. The SMILES string of the molecule is O=C(CN1C(=O)S/C(=C\C=C\c2ccccc2)C1=O)N[C@H]1CSC[C@@H]1O. The van der Waals surface area contributed by atoms with E-state index in [2.05, 4.69) is 5.32 Å². The molecule has 1 aromatic rings. The summed E-state index contributed by atoms with van der Waals surface area (Å²) in [5.41, 5.74) is 0.982. The van der Waals surface area contributed by atoms with Crippen molar-refractivity contribution < 1.29 is 19.5 Å². The molecule has 0 bridgehead atoms. The first kappa shape index (κ1) is 18.8. The van der Waals surface area contributed by atoms with Gasteiger partial charge in [-0.2, -0.15) is 11.8 Å². The van der Waals surface area contributed by atoms with E-state index in [1.807, 2.05) is 36.4 Å². The zero-order valence-electron chi connectivity index (χ0n) is 13.8. The van der Waals surface area contributed by atoms with Gasteiger partial charge in [-0.3, -0.25) is 19.3 Å². The number of amides is 3. The number of carbonyl (C=O) groups excluding carboxylic acids is 3. The lowest BCUT2D eigenvalue weighted by molar-refractivity contribution is -0.129. The molecule has 3 amide bonds. The highest BCUT2D eigenvalue weighted by atomic mass is 32.2. The van der Waals surface area contributed by atoms with E-state index in [1.165, 1.54) is 0 Å². The third-order valence-corrected chi connectivity index (χ3v) is 6.01. The normalized spacial score (nSPS) is 24.8. The third-order valence-electron chi connectivity index (χ3n) is 3.91. The van der Waals surface area contributed by atoms with Crippen molar-refractivity contribution in [2.45, 2.75) is 12.1 Å². The van der Waals surface area contributed by atoms with Crippen LogP contribution in [0.1, 0.15) is 5.56 Å². The smallest absolute Gasteiger partial charge is 0.294 e. The molecular formula is C18H18N2O4S2. The zero-order chi connectivity index (χ0) is 18.5. The maximum absolute atomic E-state index is 12.3. The molecule has 26 heavy (non-hydrogen) atoms. The van der Waals surface area contributed by atoms with Crippen LogP contribution in [0.4, 0.5) is 4.79 Å². The molecule has 2 aliphatic heterocycles. The van der Waals surface area contributed by atoms with Crippen molar-refractivity contribution in [3.05, 3.63) is 53.0 Å². The van der Waals surface area contributed by atoms with E-state index in [4.69, 9.17) is 0 Å². The molecule has 8 heteroatoms. The summed E-state index contributed by atoms with van der Waals surface area (Å²) >= 11 is 2.37. The largest absolute Gasteiger partial charge is 0.390 e. The number of allylic oxidation sites excluding steroid dienone is 2. The van der Waals surface area contributed by atoms with Crippen LogP contribution >= 0.6 is 23.5 Å². The second-order valence-corrected chi connectivity index (χ2v) is 7.91. The average molecular weight is 390 g/mol. The molecule has 2 aliphatic rings. The van der Waals surface area contributed by atoms with Gasteiger partial charge in [-0.15, -0.1) is 0 Å². The van der Waals surface area contributed by atoms with Gasteiger partial charge in [-0.25, -0.2) is 0 Å². The number of nitrogens with zero attached hydrogens (tertiary/aromatic N) is 1. The Hall–Kier alpha value is -2.03. The molecule has 6 nitrogen and oxygen atoms in total. The van der Waals surface area contributed by atoms with E-state index in [1.54, 1.807) is 23.9 Å². The van der Waals surface area contributed by atoms with Crippen LogP contribution in [0.3, 0.4) is 0 Å². The maximum Gasteiger partial charge on any atom is 0.294 e. The van der Waals surface area contributed by atoms with Gasteiger partial charge >= 0.3 is 0 Å². The highest BCUT2D eigenvalue weighted by Gasteiger charge is 2.37. The van der Waals surface area contributed by atoms with Crippen LogP contribution in [-0.4, -0.2) is 57.3 Å². The lowest BCUT2D eigenvalue weighted by Gasteiger charge is -2.18. The van der Waals surface area contributed by atoms with Crippen LogP contribution in [0.5, 0.6) is 0 Å². The molecular weight excluding hydrogens is 372 g/mol. The Bertz CT molecular complexity index is 764. The minimum absolute atomic E-state index is 0.284. The zero-order valence-corrected chi connectivity index (χ0v) is 15.5. The fraction of sp³-hybridized carbons (Fsp3) is 0.278. The summed E-state index contributed by atoms with van der Waals surface area (Å²) in [5, 5.41) is 11.9. The Balaban J connectivity index is 1.58. The molecule has 2 fully saturated rings. The first-order valence-corrected chi connectivity index (χ1v) is 10.0. The fourth-order valence-corrected chi connectivity index (χ4v) is 4.50. The lowest BCUT2D eigenvalue weighted by atomic mass is 10.2. The molecule has 2 atom stereocenters. The van der Waals surface area contributed by atoms with Crippen molar-refractivity contribution >= 4 is 46.7 Å². The van der Waals surface area contributed by atoms with Gasteiger partial charge in [0.1, 0.15) is 6.54 Å². The average Bonchev–Trinajstić information content (AvgIpc) is 3.14. The van der Waals surface area contributed by atoms with Crippen molar-refractivity contribution in [3.63, 3.8) is 0 Å². The molecule has 3 rings (SSSR count). The highest BCUT2D eigenvalue weighted by Crippen LogP contribution is 2.30. The van der Waals surface area contributed by atoms with Crippen LogP contribution in [0.25, 0.3) is 6.08 Å². The van der Waals surface area contributed by atoms with Crippen LogP contribution in [0, 0.1) is 0 Å². The fourth-order valence-electron chi connectivity index (χ4n) is 2.54. The van der Waals surface area contributed by atoms with Crippen molar-refractivity contribution in [1.29, 1.82) is 0 Å². The molecule has 2 saturated heterocycles. The number of imide groups is 1. The lowest BCUT2D eigenvalue weighted by Crippen LogP contribution is -2.47. The molecule has 2 N–H and O–H groups in total. The number of aliphatic hydroxyl groups is 1. The Morgan fingerprint density at radius 2 is 2.04 bits per heavy atom. The van der Waals surface area contributed by atoms with Gasteiger partial charge in [0, 0.05) is 11.5 Å². The van der Waals surface area contributed by atoms with Crippen molar-refractivity contribution in [2.75, 3.05) is 18.1 Å². The molecule has 0 radical (unpaired) electrons. The Kier molecular flexibility index (Phi) is 6.18. The number of hydrogen-bond donors (Lipinski definition) is 2. The number of carbonyl (C=O) groups is 3. The molecule has 0 unspecified atom stereocenters. The highest BCUT2D eigenvalue weighted by molar-refractivity contribution is 8.18. The van der Waals surface area contributed by atoms with E-state index in [9.17, 15) is 19.5 Å². The van der Waals surface area contributed by atoms with Crippen LogP contribution in [0.15, 0.2) is 47.4 Å². The molecule has 0 spiro atoms. The van der Waals surface area contributed by atoms with Crippen LogP contribution in [0.2, 0.25) is 0 Å². The minimum atomic E-state index is -0.595. The number of nitrogens with one attached hydrogen (secondary N) is 1. The van der Waals surface area contributed by atoms with E-state index in [0.29, 0.717) is 11.5 Å².